The zero-order chi connectivity index (χ0) is 13.0. The molecule has 0 bridgehead atoms. The standard InChI is InChI=1S/C12H13NO4/c1-7(14)5-12(17)13-10-6-9(8(2)15)3-4-11(10)16/h3-4,6,16H,5H2,1-2H3,(H,13,17). The number of rotatable bonds is 4. The molecule has 0 aliphatic rings. The summed E-state index contributed by atoms with van der Waals surface area (Å²) >= 11 is 0. The zero-order valence-electron chi connectivity index (χ0n) is 9.61. The third-order valence-corrected chi connectivity index (χ3v) is 2.09. The first-order valence-electron chi connectivity index (χ1n) is 5.03. The molecule has 1 aromatic rings. The number of carbonyl (C=O) groups excluding carboxylic acids is 3. The summed E-state index contributed by atoms with van der Waals surface area (Å²) in [5.41, 5.74) is 0.505. The largest absolute Gasteiger partial charge is 0.506 e. The van der Waals surface area contributed by atoms with Crippen molar-refractivity contribution >= 4 is 23.2 Å². The van der Waals surface area contributed by atoms with Crippen LogP contribution in [0, 0.1) is 0 Å². The Morgan fingerprint density at radius 1 is 1.24 bits per heavy atom. The molecule has 5 nitrogen and oxygen atoms in total. The Morgan fingerprint density at radius 3 is 2.41 bits per heavy atom. The summed E-state index contributed by atoms with van der Waals surface area (Å²) < 4.78 is 0. The second kappa shape index (κ2) is 5.25. The van der Waals surface area contributed by atoms with Gasteiger partial charge in [-0.25, -0.2) is 0 Å². The molecule has 0 unspecified atom stereocenters. The molecule has 0 fully saturated rings. The minimum absolute atomic E-state index is 0.129. The molecule has 90 valence electrons. The molecule has 2 N–H and O–H groups in total. The fraction of sp³-hybridized carbons (Fsp3) is 0.250. The molecular formula is C12H13NO4. The molecule has 17 heavy (non-hydrogen) atoms. The molecule has 0 aliphatic carbocycles. The number of phenols is 1. The van der Waals surface area contributed by atoms with Gasteiger partial charge in [-0.3, -0.25) is 14.4 Å². The van der Waals surface area contributed by atoms with Crippen molar-refractivity contribution in [2.75, 3.05) is 5.32 Å². The minimum atomic E-state index is -0.520. The number of nitrogens with one attached hydrogen (secondary N) is 1. The van der Waals surface area contributed by atoms with Gasteiger partial charge in [0.15, 0.2) is 5.78 Å². The highest BCUT2D eigenvalue weighted by atomic mass is 16.3. The number of benzene rings is 1. The molecule has 0 heterocycles. The van der Waals surface area contributed by atoms with Gasteiger partial charge in [0.25, 0.3) is 0 Å². The number of anilines is 1. The van der Waals surface area contributed by atoms with Crippen molar-refractivity contribution in [1.29, 1.82) is 0 Å². The summed E-state index contributed by atoms with van der Waals surface area (Å²) in [5.74, 6) is -1.11. The molecule has 1 aromatic carbocycles. The van der Waals surface area contributed by atoms with Gasteiger partial charge in [0.1, 0.15) is 11.5 Å². The lowest BCUT2D eigenvalue weighted by atomic mass is 10.1. The average molecular weight is 235 g/mol. The molecule has 0 aromatic heterocycles. The van der Waals surface area contributed by atoms with Crippen LogP contribution in [0.15, 0.2) is 18.2 Å². The van der Waals surface area contributed by atoms with Gasteiger partial charge in [-0.15, -0.1) is 0 Å². The number of ketones is 2. The van der Waals surface area contributed by atoms with E-state index in [9.17, 15) is 19.5 Å². The summed E-state index contributed by atoms with van der Waals surface area (Å²) in [6, 6.07) is 4.15. The number of Topliss-reactive ketones (excluding diaryl/α,β-unsaturated/α-hetero) is 2. The Kier molecular flexibility index (Phi) is 3.98. The normalized spacial score (nSPS) is 9.76. The second-order valence-electron chi connectivity index (χ2n) is 3.72. The highest BCUT2D eigenvalue weighted by molar-refractivity contribution is 6.05. The number of phenolic OH excluding ortho intramolecular Hbond substituents is 1. The maximum absolute atomic E-state index is 11.3. The summed E-state index contributed by atoms with van der Waals surface area (Å²) in [4.78, 5) is 33.2. The van der Waals surface area contributed by atoms with Gasteiger partial charge >= 0.3 is 0 Å². The van der Waals surface area contributed by atoms with E-state index in [0.29, 0.717) is 5.56 Å². The third-order valence-electron chi connectivity index (χ3n) is 2.09. The van der Waals surface area contributed by atoms with Gasteiger partial charge in [0.2, 0.25) is 5.91 Å². The van der Waals surface area contributed by atoms with Crippen LogP contribution in [0.25, 0.3) is 0 Å². The quantitative estimate of drug-likeness (QED) is 0.470. The molecule has 1 amide bonds. The summed E-state index contributed by atoms with van der Waals surface area (Å²) in [6.07, 6.45) is -0.260. The van der Waals surface area contributed by atoms with E-state index in [1.54, 1.807) is 0 Å². The fourth-order valence-electron chi connectivity index (χ4n) is 1.28. The Morgan fingerprint density at radius 2 is 1.88 bits per heavy atom. The Hall–Kier alpha value is -2.17. The summed E-state index contributed by atoms with van der Waals surface area (Å²) in [5, 5.41) is 11.9. The topological polar surface area (TPSA) is 83.5 Å². The minimum Gasteiger partial charge on any atom is -0.506 e. The molecule has 0 saturated heterocycles. The van der Waals surface area contributed by atoms with Crippen LogP contribution in [0.1, 0.15) is 30.6 Å². The van der Waals surface area contributed by atoms with Gasteiger partial charge in [-0.1, -0.05) is 0 Å². The first kappa shape index (κ1) is 12.9. The van der Waals surface area contributed by atoms with E-state index >= 15 is 0 Å². The Bertz CT molecular complexity index is 479. The van der Waals surface area contributed by atoms with Crippen molar-refractivity contribution in [3.8, 4) is 5.75 Å². The predicted molar refractivity (Wildman–Crippen MR) is 62.0 cm³/mol. The number of hydrogen-bond donors (Lipinski definition) is 2. The van der Waals surface area contributed by atoms with Crippen LogP contribution in [0.5, 0.6) is 5.75 Å². The first-order valence-corrected chi connectivity index (χ1v) is 5.03. The Labute approximate surface area is 98.4 Å². The van der Waals surface area contributed by atoms with E-state index in [1.165, 1.54) is 32.0 Å². The lowest BCUT2D eigenvalue weighted by molar-refractivity contribution is -0.124. The number of carbonyl (C=O) groups is 3. The van der Waals surface area contributed by atoms with Crippen LogP contribution in [-0.4, -0.2) is 22.6 Å². The number of aromatic hydroxyl groups is 1. The molecule has 0 spiro atoms. The van der Waals surface area contributed by atoms with Crippen LogP contribution in [0.2, 0.25) is 0 Å². The predicted octanol–water partition coefficient (Wildman–Crippen LogP) is 1.51. The summed E-state index contributed by atoms with van der Waals surface area (Å²) in [6.45, 7) is 2.68. The molecule has 0 radical (unpaired) electrons. The maximum atomic E-state index is 11.3. The van der Waals surface area contributed by atoms with Gasteiger partial charge in [0, 0.05) is 5.56 Å². The third kappa shape index (κ3) is 3.71. The van der Waals surface area contributed by atoms with Crippen LogP contribution >= 0.6 is 0 Å². The van der Waals surface area contributed by atoms with Crippen LogP contribution in [0.4, 0.5) is 5.69 Å². The van der Waals surface area contributed by atoms with Crippen LogP contribution in [-0.2, 0) is 9.59 Å². The number of amides is 1. The van der Waals surface area contributed by atoms with Crippen molar-refractivity contribution in [3.05, 3.63) is 23.8 Å². The van der Waals surface area contributed by atoms with Crippen molar-refractivity contribution in [2.24, 2.45) is 0 Å². The molecule has 0 atom stereocenters. The SMILES string of the molecule is CC(=O)CC(=O)Nc1cc(C(C)=O)ccc1O. The van der Waals surface area contributed by atoms with Gasteiger partial charge < -0.3 is 10.4 Å². The van der Waals surface area contributed by atoms with Crippen LogP contribution in [0.3, 0.4) is 0 Å². The van der Waals surface area contributed by atoms with Crippen molar-refractivity contribution in [3.63, 3.8) is 0 Å². The maximum Gasteiger partial charge on any atom is 0.231 e. The first-order chi connectivity index (χ1) is 7.90. The van der Waals surface area contributed by atoms with E-state index in [1.807, 2.05) is 0 Å². The van der Waals surface area contributed by atoms with Crippen LogP contribution < -0.4 is 5.32 Å². The molecular weight excluding hydrogens is 222 g/mol. The van der Waals surface area contributed by atoms with E-state index in [4.69, 9.17) is 0 Å². The average Bonchev–Trinajstić information content (AvgIpc) is 2.19. The lowest BCUT2D eigenvalue weighted by Gasteiger charge is -2.07. The monoisotopic (exact) mass is 235 g/mol. The van der Waals surface area contributed by atoms with E-state index in [0.717, 1.165) is 0 Å². The molecule has 0 aliphatic heterocycles. The van der Waals surface area contributed by atoms with Gasteiger partial charge in [-0.2, -0.15) is 0 Å². The molecule has 0 saturated carbocycles. The second-order valence-corrected chi connectivity index (χ2v) is 3.72. The number of hydrogen-bond acceptors (Lipinski definition) is 4. The molecule has 5 heteroatoms. The highest BCUT2D eigenvalue weighted by Gasteiger charge is 2.10. The van der Waals surface area contributed by atoms with E-state index < -0.39 is 5.91 Å². The van der Waals surface area contributed by atoms with E-state index in [2.05, 4.69) is 5.32 Å². The highest BCUT2D eigenvalue weighted by Crippen LogP contribution is 2.24. The molecule has 1 rings (SSSR count). The smallest absolute Gasteiger partial charge is 0.231 e. The zero-order valence-corrected chi connectivity index (χ0v) is 9.61. The lowest BCUT2D eigenvalue weighted by Crippen LogP contribution is -2.15. The fourth-order valence-corrected chi connectivity index (χ4v) is 1.28. The Balaban J connectivity index is 2.90. The van der Waals surface area contributed by atoms with Gasteiger partial charge in [0.05, 0.1) is 12.1 Å². The van der Waals surface area contributed by atoms with E-state index in [-0.39, 0.29) is 29.4 Å². The van der Waals surface area contributed by atoms with Gasteiger partial charge in [-0.05, 0) is 32.0 Å². The van der Waals surface area contributed by atoms with Crippen molar-refractivity contribution in [1.82, 2.24) is 0 Å². The van der Waals surface area contributed by atoms with Crippen molar-refractivity contribution < 1.29 is 19.5 Å². The van der Waals surface area contributed by atoms with Crippen molar-refractivity contribution in [2.45, 2.75) is 20.3 Å². The summed E-state index contributed by atoms with van der Waals surface area (Å²) in [7, 11) is 0.